The fraction of sp³-hybridized carbons (Fsp3) is 0.261. The number of aromatic nitrogens is 1. The molecule has 2 heterocycles. The lowest BCUT2D eigenvalue weighted by Crippen LogP contribution is -2.36. The third-order valence-electron chi connectivity index (χ3n) is 5.38. The largest absolute Gasteiger partial charge is 0.489 e. The highest BCUT2D eigenvalue weighted by Crippen LogP contribution is 2.32. The van der Waals surface area contributed by atoms with Crippen molar-refractivity contribution < 1.29 is 18.3 Å². The van der Waals surface area contributed by atoms with Gasteiger partial charge in [0.2, 0.25) is 10.0 Å². The molecule has 31 heavy (non-hydrogen) atoms. The third kappa shape index (κ3) is 5.29. The summed E-state index contributed by atoms with van der Waals surface area (Å²) in [7, 11) is -3.70. The molecule has 0 saturated carbocycles. The van der Waals surface area contributed by atoms with Crippen molar-refractivity contribution in [2.45, 2.75) is 29.9 Å². The van der Waals surface area contributed by atoms with Gasteiger partial charge in [-0.3, -0.25) is 4.98 Å². The average molecular weight is 440 g/mol. The Balaban J connectivity index is 1.35. The Bertz CT molecular complexity index is 1140. The predicted octanol–water partition coefficient (Wildman–Crippen LogP) is 2.41. The molecule has 4 N–H and O–H groups in total. The lowest BCUT2D eigenvalue weighted by atomic mass is 9.97. The zero-order chi connectivity index (χ0) is 21.8. The first-order valence-electron chi connectivity index (χ1n) is 10.1. The monoisotopic (exact) mass is 439 g/mol. The van der Waals surface area contributed by atoms with Crippen LogP contribution < -0.4 is 15.2 Å². The van der Waals surface area contributed by atoms with E-state index in [0.717, 1.165) is 40.8 Å². The van der Waals surface area contributed by atoms with E-state index in [-0.39, 0.29) is 11.0 Å². The number of fused-ring (bicyclic) bond motifs is 1. The van der Waals surface area contributed by atoms with Crippen LogP contribution in [0.15, 0.2) is 71.9 Å². The molecule has 2 atom stereocenters. The lowest BCUT2D eigenvalue weighted by Gasteiger charge is -2.27. The van der Waals surface area contributed by atoms with Gasteiger partial charge in [-0.15, -0.1) is 0 Å². The van der Waals surface area contributed by atoms with Crippen molar-refractivity contribution in [1.29, 1.82) is 0 Å². The molecule has 0 spiro atoms. The summed E-state index contributed by atoms with van der Waals surface area (Å²) in [6.45, 7) is 1.08. The minimum Gasteiger partial charge on any atom is -0.489 e. The maximum Gasteiger partial charge on any atom is 0.238 e. The van der Waals surface area contributed by atoms with Crippen molar-refractivity contribution in [3.63, 3.8) is 0 Å². The second-order valence-corrected chi connectivity index (χ2v) is 9.19. The first kappa shape index (κ1) is 21.5. The summed E-state index contributed by atoms with van der Waals surface area (Å²) in [5.41, 5.74) is 3.83. The molecule has 0 amide bonds. The smallest absolute Gasteiger partial charge is 0.238 e. The maximum absolute atomic E-state index is 11.4. The van der Waals surface area contributed by atoms with Gasteiger partial charge in [0.1, 0.15) is 11.9 Å². The lowest BCUT2D eigenvalue weighted by molar-refractivity contribution is 0.146. The second kappa shape index (κ2) is 9.15. The molecule has 8 heteroatoms. The Hall–Kier alpha value is -2.78. The molecule has 0 saturated heterocycles. The number of primary sulfonamides is 1. The summed E-state index contributed by atoms with van der Waals surface area (Å²) >= 11 is 0. The predicted molar refractivity (Wildman–Crippen MR) is 118 cm³/mol. The van der Waals surface area contributed by atoms with Crippen LogP contribution in [0, 0.1) is 0 Å². The van der Waals surface area contributed by atoms with Crippen LogP contribution in [0.3, 0.4) is 0 Å². The van der Waals surface area contributed by atoms with E-state index < -0.39 is 16.1 Å². The molecule has 1 aliphatic rings. The Kier molecular flexibility index (Phi) is 6.33. The van der Waals surface area contributed by atoms with Gasteiger partial charge in [0.25, 0.3) is 0 Å². The first-order chi connectivity index (χ1) is 14.9. The molecule has 7 nitrogen and oxygen atoms in total. The second-order valence-electron chi connectivity index (χ2n) is 7.63. The van der Waals surface area contributed by atoms with Crippen molar-refractivity contribution in [3.05, 3.63) is 78.1 Å². The van der Waals surface area contributed by atoms with Crippen LogP contribution in [0.25, 0.3) is 11.1 Å². The molecule has 4 rings (SSSR count). The van der Waals surface area contributed by atoms with E-state index >= 15 is 0 Å². The molecule has 162 valence electrons. The Labute approximate surface area is 182 Å². The van der Waals surface area contributed by atoms with Gasteiger partial charge in [-0.05, 0) is 59.9 Å². The van der Waals surface area contributed by atoms with Crippen LogP contribution in [0.4, 0.5) is 0 Å². The number of hydrogen-bond donors (Lipinski definition) is 3. The van der Waals surface area contributed by atoms with Gasteiger partial charge in [0.05, 0.1) is 11.0 Å². The maximum atomic E-state index is 11.4. The van der Waals surface area contributed by atoms with Crippen molar-refractivity contribution in [1.82, 2.24) is 10.3 Å². The number of aryl methyl sites for hydroxylation is 1. The number of nitrogens with one attached hydrogen (secondary N) is 1. The van der Waals surface area contributed by atoms with Crippen LogP contribution in [0.1, 0.15) is 23.7 Å². The number of rotatable bonds is 7. The summed E-state index contributed by atoms with van der Waals surface area (Å²) < 4.78 is 29.0. The molecular formula is C23H25N3O4S. The summed E-state index contributed by atoms with van der Waals surface area (Å²) in [6, 6.07) is 16.2. The van der Waals surface area contributed by atoms with Gasteiger partial charge < -0.3 is 15.2 Å². The van der Waals surface area contributed by atoms with Crippen molar-refractivity contribution in [3.8, 4) is 16.9 Å². The molecule has 0 radical (unpaired) electrons. The van der Waals surface area contributed by atoms with E-state index in [9.17, 15) is 13.5 Å². The van der Waals surface area contributed by atoms with Gasteiger partial charge >= 0.3 is 0 Å². The molecule has 0 aliphatic carbocycles. The normalized spacial score (nSPS) is 16.9. The van der Waals surface area contributed by atoms with Crippen LogP contribution >= 0.6 is 0 Å². The van der Waals surface area contributed by atoms with E-state index in [2.05, 4.69) is 16.4 Å². The molecule has 2 unspecified atom stereocenters. The fourth-order valence-corrected chi connectivity index (χ4v) is 4.19. The third-order valence-corrected chi connectivity index (χ3v) is 6.31. The Morgan fingerprint density at radius 1 is 1.16 bits per heavy atom. The van der Waals surface area contributed by atoms with Crippen LogP contribution in [0.2, 0.25) is 0 Å². The molecule has 0 bridgehead atoms. The number of nitrogens with two attached hydrogens (primary N) is 1. The zero-order valence-electron chi connectivity index (χ0n) is 16.9. The molecule has 1 aromatic heterocycles. The summed E-state index contributed by atoms with van der Waals surface area (Å²) in [5.74, 6) is 0.857. The minimum absolute atomic E-state index is 0.0356. The highest BCUT2D eigenvalue weighted by molar-refractivity contribution is 7.89. The number of nitrogens with zero attached hydrogens (tertiary/aromatic N) is 1. The molecule has 0 fully saturated rings. The van der Waals surface area contributed by atoms with E-state index in [1.807, 2.05) is 24.3 Å². The number of aliphatic hydroxyl groups excluding tert-OH is 1. The SMILES string of the molecule is NS(=O)(=O)c1ccc(-c2ccc3c(c2)CCC(CNCC(O)c2cccnc2)O3)cc1. The molecular weight excluding hydrogens is 414 g/mol. The minimum atomic E-state index is -3.70. The first-order valence-corrected chi connectivity index (χ1v) is 11.7. The van der Waals surface area contributed by atoms with Gasteiger partial charge in [-0.25, -0.2) is 13.6 Å². The number of sulfonamides is 1. The van der Waals surface area contributed by atoms with E-state index in [1.54, 1.807) is 24.5 Å². The number of ether oxygens (including phenoxy) is 1. The summed E-state index contributed by atoms with van der Waals surface area (Å²) in [6.07, 6.45) is 4.54. The Morgan fingerprint density at radius 2 is 1.94 bits per heavy atom. The van der Waals surface area contributed by atoms with E-state index in [4.69, 9.17) is 9.88 Å². The quantitative estimate of drug-likeness (QED) is 0.521. The Morgan fingerprint density at radius 3 is 2.65 bits per heavy atom. The van der Waals surface area contributed by atoms with Crippen LogP contribution in [-0.4, -0.2) is 37.7 Å². The number of aliphatic hydroxyl groups is 1. The topological polar surface area (TPSA) is 115 Å². The zero-order valence-corrected chi connectivity index (χ0v) is 17.8. The van der Waals surface area contributed by atoms with Gasteiger partial charge in [0, 0.05) is 31.0 Å². The highest BCUT2D eigenvalue weighted by atomic mass is 32.2. The van der Waals surface area contributed by atoms with E-state index in [0.29, 0.717) is 13.1 Å². The van der Waals surface area contributed by atoms with Crippen molar-refractivity contribution >= 4 is 10.0 Å². The summed E-state index contributed by atoms with van der Waals surface area (Å²) in [5, 5.41) is 18.7. The van der Waals surface area contributed by atoms with Gasteiger partial charge in [-0.2, -0.15) is 0 Å². The number of pyridine rings is 1. The summed E-state index contributed by atoms with van der Waals surface area (Å²) in [4.78, 5) is 4.13. The number of benzene rings is 2. The standard InChI is InChI=1S/C23H25N3O4S/c24-31(28,29)21-8-4-16(5-9-21)17-6-10-23-18(12-17)3-7-20(30-23)14-26-15-22(27)19-2-1-11-25-13-19/h1-2,4-6,8-13,20,22,26-27H,3,7,14-15H2,(H2,24,28,29). The van der Waals surface area contributed by atoms with E-state index in [1.165, 1.54) is 12.1 Å². The van der Waals surface area contributed by atoms with Crippen LogP contribution in [-0.2, 0) is 16.4 Å². The van der Waals surface area contributed by atoms with Gasteiger partial charge in [0.15, 0.2) is 0 Å². The van der Waals surface area contributed by atoms with Crippen molar-refractivity contribution in [2.75, 3.05) is 13.1 Å². The van der Waals surface area contributed by atoms with Crippen LogP contribution in [0.5, 0.6) is 5.75 Å². The number of hydrogen-bond acceptors (Lipinski definition) is 6. The fourth-order valence-electron chi connectivity index (χ4n) is 3.68. The molecule has 1 aliphatic heterocycles. The van der Waals surface area contributed by atoms with Crippen molar-refractivity contribution in [2.24, 2.45) is 5.14 Å². The average Bonchev–Trinajstić information content (AvgIpc) is 2.79. The molecule has 3 aromatic rings. The molecule has 2 aromatic carbocycles. The van der Waals surface area contributed by atoms with Gasteiger partial charge in [-0.1, -0.05) is 24.3 Å². The highest BCUT2D eigenvalue weighted by Gasteiger charge is 2.20.